The quantitative estimate of drug-likeness (QED) is 0.753. The number of benzene rings is 2. The van der Waals surface area contributed by atoms with Gasteiger partial charge in [-0.2, -0.15) is 0 Å². The lowest BCUT2D eigenvalue weighted by atomic mass is 10.1. The van der Waals surface area contributed by atoms with E-state index in [2.05, 4.69) is 10.3 Å². The fourth-order valence-corrected chi connectivity index (χ4v) is 2.53. The van der Waals surface area contributed by atoms with Crippen molar-refractivity contribution in [2.24, 2.45) is 0 Å². The first kappa shape index (κ1) is 16.6. The summed E-state index contributed by atoms with van der Waals surface area (Å²) in [5, 5.41) is 2.85. The van der Waals surface area contributed by atoms with E-state index >= 15 is 0 Å². The first-order valence-electron chi connectivity index (χ1n) is 8.15. The van der Waals surface area contributed by atoms with E-state index in [0.717, 1.165) is 17.5 Å². The van der Waals surface area contributed by atoms with Crippen LogP contribution in [0, 0.1) is 0 Å². The van der Waals surface area contributed by atoms with Gasteiger partial charge in [0.2, 0.25) is 5.91 Å². The molecule has 0 atom stereocenters. The number of nitrogens with zero attached hydrogens (tertiary/aromatic N) is 2. The Hall–Kier alpha value is -3.21. The van der Waals surface area contributed by atoms with Crippen molar-refractivity contribution in [2.45, 2.75) is 13.0 Å². The van der Waals surface area contributed by atoms with Gasteiger partial charge in [0, 0.05) is 18.3 Å². The van der Waals surface area contributed by atoms with Crippen molar-refractivity contribution >= 4 is 5.91 Å². The van der Waals surface area contributed by atoms with E-state index < -0.39 is 0 Å². The number of nitrogens with one attached hydrogen (secondary N) is 1. The minimum atomic E-state index is -0.294. The van der Waals surface area contributed by atoms with Gasteiger partial charge in [0.15, 0.2) is 0 Å². The Morgan fingerprint density at radius 3 is 2.40 bits per heavy atom. The van der Waals surface area contributed by atoms with Crippen molar-refractivity contribution in [3.63, 3.8) is 0 Å². The third-order valence-corrected chi connectivity index (χ3v) is 3.84. The van der Waals surface area contributed by atoms with Crippen LogP contribution in [0.5, 0.6) is 0 Å². The van der Waals surface area contributed by atoms with Crippen LogP contribution in [0.15, 0.2) is 77.9 Å². The van der Waals surface area contributed by atoms with E-state index in [0.29, 0.717) is 12.2 Å². The average Bonchev–Trinajstić information content (AvgIpc) is 2.65. The zero-order valence-corrected chi connectivity index (χ0v) is 13.8. The lowest BCUT2D eigenvalue weighted by Crippen LogP contribution is -2.33. The van der Waals surface area contributed by atoms with Gasteiger partial charge >= 0.3 is 0 Å². The van der Waals surface area contributed by atoms with Gasteiger partial charge in [-0.15, -0.1) is 0 Å². The van der Waals surface area contributed by atoms with Crippen LogP contribution in [-0.2, 0) is 17.8 Å². The maximum Gasteiger partial charge on any atom is 0.269 e. The molecule has 0 aliphatic rings. The summed E-state index contributed by atoms with van der Waals surface area (Å²) in [5.41, 5.74) is 2.44. The molecule has 0 unspecified atom stereocenters. The van der Waals surface area contributed by atoms with Crippen molar-refractivity contribution in [3.8, 4) is 11.3 Å². The molecule has 0 aliphatic carbocycles. The highest BCUT2D eigenvalue weighted by Crippen LogP contribution is 2.13. The molecular weight excluding hydrogens is 314 g/mol. The van der Waals surface area contributed by atoms with Gasteiger partial charge in [-0.1, -0.05) is 60.7 Å². The van der Waals surface area contributed by atoms with E-state index in [9.17, 15) is 9.59 Å². The molecule has 5 nitrogen and oxygen atoms in total. The van der Waals surface area contributed by atoms with Crippen LogP contribution in [0.2, 0.25) is 0 Å². The van der Waals surface area contributed by atoms with Gasteiger partial charge in [-0.05, 0) is 12.0 Å². The molecule has 0 saturated heterocycles. The minimum absolute atomic E-state index is 0.0179. The fraction of sp³-hybridized carbons (Fsp3) is 0.150. The molecule has 1 amide bonds. The summed E-state index contributed by atoms with van der Waals surface area (Å²) in [5.74, 6) is -0.191. The summed E-state index contributed by atoms with van der Waals surface area (Å²) in [7, 11) is 0. The summed E-state index contributed by atoms with van der Waals surface area (Å²) in [6.07, 6.45) is 3.63. The Balaban J connectivity index is 1.62. The summed E-state index contributed by atoms with van der Waals surface area (Å²) in [4.78, 5) is 28.2. The molecule has 0 radical (unpaired) electrons. The number of carbonyl (C=O) groups excluding carboxylic acids is 1. The van der Waals surface area contributed by atoms with Gasteiger partial charge in [-0.3, -0.25) is 9.59 Å². The van der Waals surface area contributed by atoms with Crippen LogP contribution in [0.25, 0.3) is 11.3 Å². The summed E-state index contributed by atoms with van der Waals surface area (Å²) < 4.78 is 1.38. The third kappa shape index (κ3) is 4.64. The van der Waals surface area contributed by atoms with Crippen molar-refractivity contribution in [2.75, 3.05) is 6.54 Å². The highest BCUT2D eigenvalue weighted by atomic mass is 16.2. The van der Waals surface area contributed by atoms with Crippen LogP contribution in [0.3, 0.4) is 0 Å². The van der Waals surface area contributed by atoms with Crippen molar-refractivity contribution < 1.29 is 4.79 Å². The molecule has 0 bridgehead atoms. The maximum absolute atomic E-state index is 12.1. The number of carbonyl (C=O) groups is 1. The molecular formula is C20H19N3O2. The average molecular weight is 333 g/mol. The Bertz CT molecular complexity index is 890. The third-order valence-electron chi connectivity index (χ3n) is 3.84. The zero-order valence-electron chi connectivity index (χ0n) is 13.8. The van der Waals surface area contributed by atoms with Crippen molar-refractivity contribution in [1.29, 1.82) is 0 Å². The fourth-order valence-electron chi connectivity index (χ4n) is 2.53. The van der Waals surface area contributed by atoms with Crippen molar-refractivity contribution in [1.82, 2.24) is 14.9 Å². The highest BCUT2D eigenvalue weighted by Gasteiger charge is 2.07. The second-order valence-electron chi connectivity index (χ2n) is 5.69. The highest BCUT2D eigenvalue weighted by molar-refractivity contribution is 5.75. The van der Waals surface area contributed by atoms with Gasteiger partial charge in [0.05, 0.1) is 11.9 Å². The molecule has 126 valence electrons. The standard InChI is InChI=1S/C20H19N3O2/c24-19(21-12-11-16-7-3-1-4-8-16)15-23-14-18(22-13-20(23)25)17-9-5-2-6-10-17/h1-10,13-14H,11-12,15H2,(H,21,24). The van der Waals surface area contributed by atoms with E-state index in [1.165, 1.54) is 10.8 Å². The van der Waals surface area contributed by atoms with Crippen LogP contribution in [-0.4, -0.2) is 22.0 Å². The van der Waals surface area contributed by atoms with Gasteiger partial charge in [-0.25, -0.2) is 4.98 Å². The second kappa shape index (κ2) is 8.06. The van der Waals surface area contributed by atoms with E-state index in [4.69, 9.17) is 0 Å². The van der Waals surface area contributed by atoms with Crippen LogP contribution < -0.4 is 10.9 Å². The number of hydrogen-bond donors (Lipinski definition) is 1. The van der Waals surface area contributed by atoms with E-state index in [1.54, 1.807) is 6.20 Å². The zero-order chi connectivity index (χ0) is 17.5. The Labute approximate surface area is 146 Å². The predicted molar refractivity (Wildman–Crippen MR) is 97.1 cm³/mol. The number of rotatable bonds is 6. The van der Waals surface area contributed by atoms with E-state index in [-0.39, 0.29) is 18.0 Å². The van der Waals surface area contributed by atoms with E-state index in [1.807, 2.05) is 60.7 Å². The summed E-state index contributed by atoms with van der Waals surface area (Å²) >= 11 is 0. The SMILES string of the molecule is O=C(Cn1cc(-c2ccccc2)ncc1=O)NCCc1ccccc1. The molecule has 5 heteroatoms. The lowest BCUT2D eigenvalue weighted by Gasteiger charge is -2.09. The molecule has 0 spiro atoms. The number of aromatic nitrogens is 2. The Morgan fingerprint density at radius 1 is 1.00 bits per heavy atom. The maximum atomic E-state index is 12.1. The number of hydrogen-bond acceptors (Lipinski definition) is 3. The molecule has 0 saturated carbocycles. The molecule has 1 heterocycles. The molecule has 3 aromatic rings. The predicted octanol–water partition coefficient (Wildman–Crippen LogP) is 2.27. The summed E-state index contributed by atoms with van der Waals surface area (Å²) in [6.45, 7) is 0.518. The van der Waals surface area contributed by atoms with Crippen LogP contribution >= 0.6 is 0 Å². The Morgan fingerprint density at radius 2 is 1.68 bits per heavy atom. The molecule has 0 aliphatic heterocycles. The van der Waals surface area contributed by atoms with Crippen LogP contribution in [0.1, 0.15) is 5.56 Å². The lowest BCUT2D eigenvalue weighted by molar-refractivity contribution is -0.121. The smallest absolute Gasteiger partial charge is 0.269 e. The molecule has 25 heavy (non-hydrogen) atoms. The van der Waals surface area contributed by atoms with Gasteiger partial charge in [0.1, 0.15) is 6.54 Å². The van der Waals surface area contributed by atoms with Crippen LogP contribution in [0.4, 0.5) is 0 Å². The topological polar surface area (TPSA) is 64.0 Å². The molecule has 1 aromatic heterocycles. The number of amides is 1. The van der Waals surface area contributed by atoms with Crippen molar-refractivity contribution in [3.05, 3.63) is 89.0 Å². The Kier molecular flexibility index (Phi) is 5.36. The van der Waals surface area contributed by atoms with Gasteiger partial charge in [0.25, 0.3) is 5.56 Å². The first-order valence-corrected chi connectivity index (χ1v) is 8.15. The normalized spacial score (nSPS) is 10.4. The van der Waals surface area contributed by atoms with Gasteiger partial charge < -0.3 is 9.88 Å². The molecule has 3 rings (SSSR count). The molecule has 2 aromatic carbocycles. The molecule has 1 N–H and O–H groups in total. The second-order valence-corrected chi connectivity index (χ2v) is 5.69. The first-order chi connectivity index (χ1) is 12.2. The largest absolute Gasteiger partial charge is 0.354 e. The summed E-state index contributed by atoms with van der Waals surface area (Å²) in [6, 6.07) is 19.5. The minimum Gasteiger partial charge on any atom is -0.354 e. The molecule has 0 fully saturated rings. The monoisotopic (exact) mass is 333 g/mol.